The summed E-state index contributed by atoms with van der Waals surface area (Å²) in [6, 6.07) is 9.26. The average Bonchev–Trinajstić information content (AvgIpc) is 2.61. The normalized spacial score (nSPS) is 17.6. The molecule has 3 rings (SSSR count). The predicted octanol–water partition coefficient (Wildman–Crippen LogP) is 1.82. The zero-order valence-corrected chi connectivity index (χ0v) is 14.0. The van der Waals surface area contributed by atoms with Crippen molar-refractivity contribution in [3.8, 4) is 0 Å². The van der Waals surface area contributed by atoms with E-state index in [1.54, 1.807) is 37.2 Å². The molecule has 1 N–H and O–H groups in total. The molecule has 0 aromatic carbocycles. The zero-order valence-electron chi connectivity index (χ0n) is 14.0. The molecule has 1 aliphatic heterocycles. The number of carbonyl (C=O) groups is 1. The minimum absolute atomic E-state index is 0.0639. The van der Waals surface area contributed by atoms with E-state index in [0.717, 1.165) is 37.4 Å². The smallest absolute Gasteiger partial charge is 0.260 e. The van der Waals surface area contributed by atoms with Crippen LogP contribution in [0.3, 0.4) is 0 Å². The number of pyridine rings is 2. The number of aromatic amines is 1. The van der Waals surface area contributed by atoms with Crippen LogP contribution in [0.4, 0.5) is 5.82 Å². The molecule has 24 heavy (non-hydrogen) atoms. The highest BCUT2D eigenvalue weighted by atomic mass is 16.2. The highest BCUT2D eigenvalue weighted by Gasteiger charge is 2.28. The van der Waals surface area contributed by atoms with Crippen molar-refractivity contribution in [1.29, 1.82) is 0 Å². The summed E-state index contributed by atoms with van der Waals surface area (Å²) >= 11 is 0. The fourth-order valence-corrected chi connectivity index (χ4v) is 3.12. The first kappa shape index (κ1) is 16.2. The van der Waals surface area contributed by atoms with Crippen molar-refractivity contribution < 1.29 is 4.79 Å². The minimum Gasteiger partial charge on any atom is -0.355 e. The Labute approximate surface area is 141 Å². The number of aryl methyl sites for hydroxylation is 1. The van der Waals surface area contributed by atoms with E-state index >= 15 is 0 Å². The molecule has 1 atom stereocenters. The van der Waals surface area contributed by atoms with Gasteiger partial charge in [0.25, 0.3) is 11.5 Å². The van der Waals surface area contributed by atoms with E-state index in [1.807, 2.05) is 18.2 Å². The van der Waals surface area contributed by atoms with Crippen LogP contribution < -0.4 is 10.5 Å². The lowest BCUT2D eigenvalue weighted by atomic mass is 10.0. The van der Waals surface area contributed by atoms with Gasteiger partial charge in [0.1, 0.15) is 11.4 Å². The zero-order chi connectivity index (χ0) is 17.1. The van der Waals surface area contributed by atoms with Crippen molar-refractivity contribution in [1.82, 2.24) is 14.9 Å². The Hall–Kier alpha value is -2.63. The average molecular weight is 326 g/mol. The van der Waals surface area contributed by atoms with Gasteiger partial charge in [0.05, 0.1) is 0 Å². The molecule has 0 saturated carbocycles. The van der Waals surface area contributed by atoms with E-state index < -0.39 is 0 Å². The first-order valence-corrected chi connectivity index (χ1v) is 8.19. The molecule has 0 bridgehead atoms. The summed E-state index contributed by atoms with van der Waals surface area (Å²) in [6.07, 6.45) is 3.69. The summed E-state index contributed by atoms with van der Waals surface area (Å²) in [7, 11) is 1.77. The van der Waals surface area contributed by atoms with Gasteiger partial charge >= 0.3 is 0 Å². The Morgan fingerprint density at radius 2 is 2.17 bits per heavy atom. The van der Waals surface area contributed by atoms with Crippen molar-refractivity contribution in [2.45, 2.75) is 25.8 Å². The lowest BCUT2D eigenvalue weighted by Gasteiger charge is -2.38. The lowest BCUT2D eigenvalue weighted by molar-refractivity contribution is 0.0715. The van der Waals surface area contributed by atoms with E-state index in [9.17, 15) is 9.59 Å². The second-order valence-corrected chi connectivity index (χ2v) is 6.23. The van der Waals surface area contributed by atoms with Crippen LogP contribution in [0.1, 0.15) is 28.9 Å². The summed E-state index contributed by atoms with van der Waals surface area (Å²) in [5.74, 6) is 0.695. The van der Waals surface area contributed by atoms with Gasteiger partial charge in [0.2, 0.25) is 0 Å². The van der Waals surface area contributed by atoms with Gasteiger partial charge in [-0.05, 0) is 44.0 Å². The Morgan fingerprint density at radius 3 is 2.88 bits per heavy atom. The summed E-state index contributed by atoms with van der Waals surface area (Å²) in [5, 5.41) is 0. The molecule has 126 valence electrons. The number of nitrogens with one attached hydrogen (secondary N) is 1. The Balaban J connectivity index is 1.75. The molecule has 6 nitrogen and oxygen atoms in total. The third-order valence-electron chi connectivity index (χ3n) is 4.52. The van der Waals surface area contributed by atoms with Crippen molar-refractivity contribution in [2.24, 2.45) is 0 Å². The third-order valence-corrected chi connectivity index (χ3v) is 4.52. The Morgan fingerprint density at radius 1 is 1.33 bits per heavy atom. The molecule has 2 aromatic heterocycles. The standard InChI is InChI=1S/C18H22N4O2/c1-13-8-9-15(17(23)20-13)18(24)21(2)14-6-5-11-22(12-14)16-7-3-4-10-19-16/h3-4,7-10,14H,5-6,11-12H2,1-2H3,(H,20,23). The third kappa shape index (κ3) is 3.32. The number of carbonyl (C=O) groups excluding carboxylic acids is 1. The molecular weight excluding hydrogens is 304 g/mol. The summed E-state index contributed by atoms with van der Waals surface area (Å²) in [6.45, 7) is 3.45. The number of amides is 1. The monoisotopic (exact) mass is 326 g/mol. The molecule has 1 amide bonds. The minimum atomic E-state index is -0.329. The number of anilines is 1. The van der Waals surface area contributed by atoms with Gasteiger partial charge in [-0.15, -0.1) is 0 Å². The number of H-pyrrole nitrogens is 1. The van der Waals surface area contributed by atoms with Crippen molar-refractivity contribution in [3.63, 3.8) is 0 Å². The molecule has 0 spiro atoms. The Bertz CT molecular complexity index is 772. The highest BCUT2D eigenvalue weighted by molar-refractivity contribution is 5.93. The van der Waals surface area contributed by atoms with Crippen LogP contribution in [0.5, 0.6) is 0 Å². The highest BCUT2D eigenvalue weighted by Crippen LogP contribution is 2.20. The van der Waals surface area contributed by atoms with Gasteiger partial charge < -0.3 is 14.8 Å². The molecule has 0 aliphatic carbocycles. The van der Waals surface area contributed by atoms with Crippen LogP contribution in [0.2, 0.25) is 0 Å². The van der Waals surface area contributed by atoms with Crippen molar-refractivity contribution in [3.05, 3.63) is 58.1 Å². The molecule has 1 unspecified atom stereocenters. The van der Waals surface area contributed by atoms with Gasteiger partial charge in [0.15, 0.2) is 0 Å². The molecule has 6 heteroatoms. The van der Waals surface area contributed by atoms with Gasteiger partial charge in [-0.25, -0.2) is 4.98 Å². The lowest BCUT2D eigenvalue weighted by Crippen LogP contribution is -2.49. The number of nitrogens with zero attached hydrogens (tertiary/aromatic N) is 3. The molecule has 1 saturated heterocycles. The Kier molecular flexibility index (Phi) is 4.64. The number of piperidine rings is 1. The van der Waals surface area contributed by atoms with Gasteiger partial charge in [-0.2, -0.15) is 0 Å². The van der Waals surface area contributed by atoms with Gasteiger partial charge in [-0.3, -0.25) is 9.59 Å². The van der Waals surface area contributed by atoms with Crippen LogP contribution >= 0.6 is 0 Å². The maximum Gasteiger partial charge on any atom is 0.260 e. The number of rotatable bonds is 3. The molecule has 0 radical (unpaired) electrons. The fraction of sp³-hybridized carbons (Fsp3) is 0.389. The largest absolute Gasteiger partial charge is 0.355 e. The van der Waals surface area contributed by atoms with E-state index in [1.165, 1.54) is 0 Å². The first-order valence-electron chi connectivity index (χ1n) is 8.19. The predicted molar refractivity (Wildman–Crippen MR) is 93.4 cm³/mol. The van der Waals surface area contributed by atoms with E-state index in [2.05, 4.69) is 14.9 Å². The molecule has 1 aliphatic rings. The van der Waals surface area contributed by atoms with Crippen LogP contribution in [-0.4, -0.2) is 47.0 Å². The van der Waals surface area contributed by atoms with Crippen LogP contribution in [-0.2, 0) is 0 Å². The maximum absolute atomic E-state index is 12.7. The number of hydrogen-bond acceptors (Lipinski definition) is 4. The van der Waals surface area contributed by atoms with Crippen LogP contribution in [0.15, 0.2) is 41.3 Å². The van der Waals surface area contributed by atoms with Crippen LogP contribution in [0.25, 0.3) is 0 Å². The first-order chi connectivity index (χ1) is 11.6. The topological polar surface area (TPSA) is 69.3 Å². The van der Waals surface area contributed by atoms with Gasteiger partial charge in [0, 0.05) is 38.1 Å². The van der Waals surface area contributed by atoms with Crippen LogP contribution in [0, 0.1) is 6.92 Å². The van der Waals surface area contributed by atoms with Crippen molar-refractivity contribution in [2.75, 3.05) is 25.0 Å². The molecule has 2 aromatic rings. The molecule has 1 fully saturated rings. The maximum atomic E-state index is 12.7. The second kappa shape index (κ2) is 6.86. The summed E-state index contributed by atoms with van der Waals surface area (Å²) in [5.41, 5.74) is 0.612. The molecule has 3 heterocycles. The van der Waals surface area contributed by atoms with E-state index in [0.29, 0.717) is 0 Å². The van der Waals surface area contributed by atoms with E-state index in [-0.39, 0.29) is 23.1 Å². The van der Waals surface area contributed by atoms with Crippen molar-refractivity contribution >= 4 is 11.7 Å². The number of aromatic nitrogens is 2. The fourth-order valence-electron chi connectivity index (χ4n) is 3.12. The van der Waals surface area contributed by atoms with E-state index in [4.69, 9.17) is 0 Å². The quantitative estimate of drug-likeness (QED) is 0.934. The van der Waals surface area contributed by atoms with Gasteiger partial charge in [-0.1, -0.05) is 6.07 Å². The number of hydrogen-bond donors (Lipinski definition) is 1. The SMILES string of the molecule is Cc1ccc(C(=O)N(C)C2CCCN(c3ccccn3)C2)c(=O)[nH]1. The second-order valence-electron chi connectivity index (χ2n) is 6.23. The number of likely N-dealkylation sites (N-methyl/N-ethyl adjacent to an activating group) is 1. The molecular formula is C18H22N4O2. The summed E-state index contributed by atoms with van der Waals surface area (Å²) < 4.78 is 0. The summed E-state index contributed by atoms with van der Waals surface area (Å²) in [4.78, 5) is 35.7.